The molecule has 1 heterocycles. The standard InChI is InChI=1S/C16H23ClFN3O/c1-12(2)5-6-20-7-9-21(10-8-20)16(22)19-13-3-4-15(18)14(17)11-13/h3-4,11-12H,5-10H2,1-2H3,(H,19,22). The number of carbonyl (C=O) groups is 1. The molecule has 0 bridgehead atoms. The molecule has 0 aliphatic carbocycles. The second kappa shape index (κ2) is 7.79. The van der Waals surface area contributed by atoms with Crippen LogP contribution in [0.15, 0.2) is 18.2 Å². The van der Waals surface area contributed by atoms with Crippen LogP contribution in [0.3, 0.4) is 0 Å². The largest absolute Gasteiger partial charge is 0.322 e. The van der Waals surface area contributed by atoms with E-state index in [4.69, 9.17) is 11.6 Å². The lowest BCUT2D eigenvalue weighted by molar-refractivity contribution is 0.143. The predicted octanol–water partition coefficient (Wildman–Crippen LogP) is 3.67. The zero-order valence-corrected chi connectivity index (χ0v) is 13.9. The summed E-state index contributed by atoms with van der Waals surface area (Å²) in [6.45, 7) is 8.72. The van der Waals surface area contributed by atoms with Crippen LogP contribution >= 0.6 is 11.6 Å². The Kier molecular flexibility index (Phi) is 6.03. The minimum atomic E-state index is -0.488. The Bertz CT molecular complexity index is 516. The highest BCUT2D eigenvalue weighted by molar-refractivity contribution is 6.31. The normalized spacial score (nSPS) is 16.1. The van der Waals surface area contributed by atoms with Crippen LogP contribution in [0.5, 0.6) is 0 Å². The lowest BCUT2D eigenvalue weighted by Crippen LogP contribution is -2.50. The fourth-order valence-electron chi connectivity index (χ4n) is 2.39. The number of anilines is 1. The molecule has 0 unspecified atom stereocenters. The number of urea groups is 1. The van der Waals surface area contributed by atoms with Gasteiger partial charge >= 0.3 is 6.03 Å². The van der Waals surface area contributed by atoms with Gasteiger partial charge in [-0.3, -0.25) is 4.90 Å². The quantitative estimate of drug-likeness (QED) is 0.915. The molecule has 1 fully saturated rings. The van der Waals surface area contributed by atoms with Gasteiger partial charge in [-0.2, -0.15) is 0 Å². The number of piperazine rings is 1. The van der Waals surface area contributed by atoms with Crippen molar-refractivity contribution >= 4 is 23.3 Å². The van der Waals surface area contributed by atoms with E-state index in [9.17, 15) is 9.18 Å². The minimum absolute atomic E-state index is 0.0105. The Morgan fingerprint density at radius 3 is 2.59 bits per heavy atom. The summed E-state index contributed by atoms with van der Waals surface area (Å²) in [6.07, 6.45) is 1.18. The Morgan fingerprint density at radius 1 is 1.32 bits per heavy atom. The number of halogens is 2. The molecule has 6 heteroatoms. The SMILES string of the molecule is CC(C)CCN1CCN(C(=O)Nc2ccc(F)c(Cl)c2)CC1. The Labute approximate surface area is 136 Å². The van der Waals surface area contributed by atoms with E-state index in [2.05, 4.69) is 24.1 Å². The van der Waals surface area contributed by atoms with Crippen LogP contribution in [0, 0.1) is 11.7 Å². The van der Waals surface area contributed by atoms with E-state index in [1.165, 1.54) is 24.6 Å². The first-order valence-corrected chi connectivity index (χ1v) is 8.07. The molecular formula is C16H23ClFN3O. The molecule has 1 saturated heterocycles. The number of carbonyl (C=O) groups excluding carboxylic acids is 1. The maximum Gasteiger partial charge on any atom is 0.321 e. The molecule has 2 rings (SSSR count). The first-order valence-electron chi connectivity index (χ1n) is 7.69. The van der Waals surface area contributed by atoms with Crippen molar-refractivity contribution in [2.24, 2.45) is 5.92 Å². The third kappa shape index (κ3) is 4.85. The number of nitrogens with one attached hydrogen (secondary N) is 1. The third-order valence-electron chi connectivity index (χ3n) is 3.85. The Balaban J connectivity index is 1.81. The number of rotatable bonds is 4. The number of hydrogen-bond donors (Lipinski definition) is 1. The van der Waals surface area contributed by atoms with Crippen LogP contribution in [0.4, 0.5) is 14.9 Å². The van der Waals surface area contributed by atoms with Crippen molar-refractivity contribution in [3.05, 3.63) is 29.0 Å². The maximum atomic E-state index is 13.1. The van der Waals surface area contributed by atoms with Crippen LogP contribution in [-0.4, -0.2) is 48.6 Å². The monoisotopic (exact) mass is 327 g/mol. The Morgan fingerprint density at radius 2 is 2.00 bits per heavy atom. The zero-order chi connectivity index (χ0) is 16.1. The van der Waals surface area contributed by atoms with E-state index in [1.807, 2.05) is 0 Å². The summed E-state index contributed by atoms with van der Waals surface area (Å²) in [6, 6.07) is 4.03. The van der Waals surface area contributed by atoms with Crippen LogP contribution < -0.4 is 5.32 Å². The topological polar surface area (TPSA) is 35.6 Å². The van der Waals surface area contributed by atoms with Crippen LogP contribution in [0.25, 0.3) is 0 Å². The summed E-state index contributed by atoms with van der Waals surface area (Å²) < 4.78 is 13.1. The third-order valence-corrected chi connectivity index (χ3v) is 4.14. The molecule has 0 atom stereocenters. The number of benzene rings is 1. The van der Waals surface area contributed by atoms with Gasteiger partial charge in [0.05, 0.1) is 5.02 Å². The predicted molar refractivity (Wildman–Crippen MR) is 87.9 cm³/mol. The second-order valence-corrected chi connectivity index (χ2v) is 6.48. The molecule has 1 aliphatic heterocycles. The van der Waals surface area contributed by atoms with Crippen molar-refractivity contribution in [3.8, 4) is 0 Å². The van der Waals surface area contributed by atoms with Crippen LogP contribution in [0.2, 0.25) is 5.02 Å². The zero-order valence-electron chi connectivity index (χ0n) is 13.1. The van der Waals surface area contributed by atoms with Crippen molar-refractivity contribution in [1.29, 1.82) is 0 Å². The first kappa shape index (κ1) is 17.0. The molecule has 22 heavy (non-hydrogen) atoms. The van der Waals surface area contributed by atoms with Crippen LogP contribution in [0.1, 0.15) is 20.3 Å². The molecular weight excluding hydrogens is 305 g/mol. The van der Waals surface area contributed by atoms with Gasteiger partial charge in [0.25, 0.3) is 0 Å². The summed E-state index contributed by atoms with van der Waals surface area (Å²) in [4.78, 5) is 16.4. The molecule has 1 aromatic rings. The lowest BCUT2D eigenvalue weighted by Gasteiger charge is -2.35. The highest BCUT2D eigenvalue weighted by atomic mass is 35.5. The molecule has 0 radical (unpaired) electrons. The van der Waals surface area contributed by atoms with E-state index in [-0.39, 0.29) is 11.1 Å². The number of nitrogens with zero attached hydrogens (tertiary/aromatic N) is 2. The molecule has 1 aromatic carbocycles. The van der Waals surface area contributed by atoms with Crippen molar-refractivity contribution in [1.82, 2.24) is 9.80 Å². The number of hydrogen-bond acceptors (Lipinski definition) is 2. The summed E-state index contributed by atoms with van der Waals surface area (Å²) in [7, 11) is 0. The van der Waals surface area contributed by atoms with Gasteiger partial charge in [0.1, 0.15) is 5.82 Å². The Hall–Kier alpha value is -1.33. The fourth-order valence-corrected chi connectivity index (χ4v) is 2.57. The molecule has 122 valence electrons. The average Bonchev–Trinajstić information content (AvgIpc) is 2.49. The summed E-state index contributed by atoms with van der Waals surface area (Å²) in [5.41, 5.74) is 0.513. The van der Waals surface area contributed by atoms with E-state index < -0.39 is 5.82 Å². The van der Waals surface area contributed by atoms with Gasteiger partial charge in [0.2, 0.25) is 0 Å². The van der Waals surface area contributed by atoms with Gasteiger partial charge in [-0.25, -0.2) is 9.18 Å². The highest BCUT2D eigenvalue weighted by Gasteiger charge is 2.21. The molecule has 2 amide bonds. The molecule has 1 N–H and O–H groups in total. The minimum Gasteiger partial charge on any atom is -0.322 e. The number of amides is 2. The van der Waals surface area contributed by atoms with Crippen molar-refractivity contribution < 1.29 is 9.18 Å². The maximum absolute atomic E-state index is 13.1. The summed E-state index contributed by atoms with van der Waals surface area (Å²) in [5, 5.41) is 2.77. The molecule has 0 saturated carbocycles. The second-order valence-electron chi connectivity index (χ2n) is 6.07. The van der Waals surface area contributed by atoms with Gasteiger partial charge in [-0.1, -0.05) is 25.4 Å². The highest BCUT2D eigenvalue weighted by Crippen LogP contribution is 2.19. The van der Waals surface area contributed by atoms with Gasteiger partial charge in [0, 0.05) is 31.9 Å². The molecule has 4 nitrogen and oxygen atoms in total. The lowest BCUT2D eigenvalue weighted by atomic mass is 10.1. The van der Waals surface area contributed by atoms with Crippen molar-refractivity contribution in [3.63, 3.8) is 0 Å². The van der Waals surface area contributed by atoms with E-state index in [1.54, 1.807) is 4.90 Å². The molecule has 0 aromatic heterocycles. The van der Waals surface area contributed by atoms with Gasteiger partial charge in [-0.05, 0) is 37.1 Å². The smallest absolute Gasteiger partial charge is 0.321 e. The fraction of sp³-hybridized carbons (Fsp3) is 0.562. The molecule has 1 aliphatic rings. The van der Waals surface area contributed by atoms with Gasteiger partial charge in [-0.15, -0.1) is 0 Å². The van der Waals surface area contributed by atoms with Crippen molar-refractivity contribution in [2.45, 2.75) is 20.3 Å². The van der Waals surface area contributed by atoms with E-state index in [0.717, 1.165) is 19.6 Å². The first-order chi connectivity index (χ1) is 10.5. The van der Waals surface area contributed by atoms with E-state index >= 15 is 0 Å². The summed E-state index contributed by atoms with van der Waals surface area (Å²) in [5.74, 6) is 0.211. The van der Waals surface area contributed by atoms with E-state index in [0.29, 0.717) is 24.7 Å². The van der Waals surface area contributed by atoms with Gasteiger partial charge in [0.15, 0.2) is 0 Å². The van der Waals surface area contributed by atoms with Crippen molar-refractivity contribution in [2.75, 3.05) is 38.0 Å². The average molecular weight is 328 g/mol. The van der Waals surface area contributed by atoms with Gasteiger partial charge < -0.3 is 10.2 Å². The summed E-state index contributed by atoms with van der Waals surface area (Å²) >= 11 is 5.72. The molecule has 0 spiro atoms. The van der Waals surface area contributed by atoms with Crippen LogP contribution in [-0.2, 0) is 0 Å².